The Bertz CT molecular complexity index is 1070. The van der Waals surface area contributed by atoms with Gasteiger partial charge in [0.1, 0.15) is 0 Å². The van der Waals surface area contributed by atoms with Gasteiger partial charge < -0.3 is 0 Å². The van der Waals surface area contributed by atoms with Gasteiger partial charge in [-0.25, -0.2) is 15.0 Å². The Kier molecular flexibility index (Phi) is 8.25. The molecular formula is C25H26F3N3. The molecule has 1 aromatic heterocycles. The van der Waals surface area contributed by atoms with Crippen molar-refractivity contribution in [2.24, 2.45) is 0 Å². The number of rotatable bonds is 4. The van der Waals surface area contributed by atoms with Crippen molar-refractivity contribution in [1.29, 1.82) is 0 Å². The predicted octanol–water partition coefficient (Wildman–Crippen LogP) is 7.54. The van der Waals surface area contributed by atoms with Crippen molar-refractivity contribution < 1.29 is 13.2 Å². The lowest BCUT2D eigenvalue weighted by Crippen LogP contribution is -2.07. The average molecular weight is 425 g/mol. The number of hydrogen-bond donors (Lipinski definition) is 0. The SMILES string of the molecule is C/C=C\C(=C/C)c1nc(-c2ccccc2)nc(-c2cc(C)cc(C(F)(F)F)c2)n1.CC. The summed E-state index contributed by atoms with van der Waals surface area (Å²) in [6.45, 7) is 9.35. The summed E-state index contributed by atoms with van der Waals surface area (Å²) in [6.07, 6.45) is 1.12. The van der Waals surface area contributed by atoms with Crippen molar-refractivity contribution in [3.8, 4) is 22.8 Å². The predicted molar refractivity (Wildman–Crippen MR) is 120 cm³/mol. The van der Waals surface area contributed by atoms with E-state index >= 15 is 0 Å². The zero-order valence-electron chi connectivity index (χ0n) is 18.3. The van der Waals surface area contributed by atoms with Crippen LogP contribution in [-0.2, 0) is 6.18 Å². The number of alkyl halides is 3. The normalized spacial score (nSPS) is 11.9. The topological polar surface area (TPSA) is 38.7 Å². The molecule has 0 unspecified atom stereocenters. The Morgan fingerprint density at radius 1 is 0.839 bits per heavy atom. The van der Waals surface area contributed by atoms with Gasteiger partial charge in [-0.2, -0.15) is 13.2 Å². The molecule has 162 valence electrons. The van der Waals surface area contributed by atoms with Crippen molar-refractivity contribution in [2.45, 2.75) is 40.8 Å². The highest BCUT2D eigenvalue weighted by Crippen LogP contribution is 2.33. The van der Waals surface area contributed by atoms with Crippen LogP contribution in [0, 0.1) is 6.92 Å². The molecule has 0 radical (unpaired) electrons. The van der Waals surface area contributed by atoms with Crippen molar-refractivity contribution in [3.05, 3.63) is 83.7 Å². The van der Waals surface area contributed by atoms with E-state index in [4.69, 9.17) is 0 Å². The molecule has 0 aliphatic heterocycles. The second-order valence-electron chi connectivity index (χ2n) is 6.50. The second-order valence-corrected chi connectivity index (χ2v) is 6.50. The lowest BCUT2D eigenvalue weighted by atomic mass is 10.1. The number of halogens is 3. The van der Waals surface area contributed by atoms with Crippen molar-refractivity contribution in [3.63, 3.8) is 0 Å². The van der Waals surface area contributed by atoms with Crippen molar-refractivity contribution >= 4 is 5.57 Å². The molecule has 0 N–H and O–H groups in total. The fourth-order valence-corrected chi connectivity index (χ4v) is 2.91. The molecule has 0 bridgehead atoms. The zero-order valence-corrected chi connectivity index (χ0v) is 18.3. The highest BCUT2D eigenvalue weighted by molar-refractivity contribution is 5.72. The van der Waals surface area contributed by atoms with Gasteiger partial charge in [-0.15, -0.1) is 0 Å². The maximum Gasteiger partial charge on any atom is 0.416 e. The number of aryl methyl sites for hydroxylation is 1. The van der Waals surface area contributed by atoms with E-state index in [0.29, 0.717) is 22.8 Å². The van der Waals surface area contributed by atoms with Crippen LogP contribution < -0.4 is 0 Å². The maximum absolute atomic E-state index is 13.3. The summed E-state index contributed by atoms with van der Waals surface area (Å²) in [4.78, 5) is 13.5. The molecule has 2 aromatic carbocycles. The van der Waals surface area contributed by atoms with E-state index in [1.807, 2.05) is 76.3 Å². The zero-order chi connectivity index (χ0) is 23.0. The molecular weight excluding hydrogens is 399 g/mol. The Hall–Kier alpha value is -3.28. The molecule has 0 aliphatic rings. The standard InChI is InChI=1S/C23H20F3N3.C2H6/c1-4-9-16(5-2)20-27-21(17-10-7-6-8-11-17)29-22(28-20)18-12-15(3)13-19(14-18)23(24,25)26;1-2/h4-14H,1-3H3;1-2H3/b9-4-,16-5+;. The van der Waals surface area contributed by atoms with Gasteiger partial charge in [0.2, 0.25) is 0 Å². The lowest BCUT2D eigenvalue weighted by molar-refractivity contribution is -0.137. The van der Waals surface area contributed by atoms with Crippen molar-refractivity contribution in [2.75, 3.05) is 0 Å². The summed E-state index contributed by atoms with van der Waals surface area (Å²) in [5.74, 6) is 1.01. The van der Waals surface area contributed by atoms with Crippen LogP contribution in [0.1, 0.15) is 44.6 Å². The minimum absolute atomic E-state index is 0.201. The second kappa shape index (κ2) is 10.7. The Labute approximate surface area is 181 Å². The number of allylic oxidation sites excluding steroid dienone is 4. The van der Waals surface area contributed by atoms with Gasteiger partial charge in [-0.05, 0) is 44.5 Å². The molecule has 0 fully saturated rings. The molecule has 0 saturated carbocycles. The first-order valence-electron chi connectivity index (χ1n) is 10.1. The van der Waals surface area contributed by atoms with Crippen molar-refractivity contribution in [1.82, 2.24) is 15.0 Å². The van der Waals surface area contributed by atoms with Crippen LogP contribution in [0.15, 0.2) is 66.8 Å². The molecule has 0 saturated heterocycles. The van der Waals surface area contributed by atoms with Gasteiger partial charge in [0.05, 0.1) is 5.56 Å². The molecule has 0 aliphatic carbocycles. The van der Waals surface area contributed by atoms with Crippen LogP contribution >= 0.6 is 0 Å². The summed E-state index contributed by atoms with van der Waals surface area (Å²) in [7, 11) is 0. The van der Waals surface area contributed by atoms with E-state index in [1.54, 1.807) is 13.0 Å². The number of nitrogens with zero attached hydrogens (tertiary/aromatic N) is 3. The summed E-state index contributed by atoms with van der Waals surface area (Å²) in [6, 6.07) is 13.1. The smallest absolute Gasteiger partial charge is 0.208 e. The number of aromatic nitrogens is 3. The summed E-state index contributed by atoms with van der Waals surface area (Å²) < 4.78 is 39.9. The van der Waals surface area contributed by atoms with E-state index in [0.717, 1.165) is 23.3 Å². The monoisotopic (exact) mass is 425 g/mol. The minimum Gasteiger partial charge on any atom is -0.208 e. The average Bonchev–Trinajstić information content (AvgIpc) is 2.78. The summed E-state index contributed by atoms with van der Waals surface area (Å²) in [5.41, 5.74) is 1.58. The van der Waals surface area contributed by atoms with Gasteiger partial charge in [-0.3, -0.25) is 0 Å². The van der Waals surface area contributed by atoms with Gasteiger partial charge in [0.25, 0.3) is 0 Å². The van der Waals surface area contributed by atoms with E-state index in [2.05, 4.69) is 15.0 Å². The third-order valence-corrected chi connectivity index (χ3v) is 4.25. The lowest BCUT2D eigenvalue weighted by Gasteiger charge is -2.12. The van der Waals surface area contributed by atoms with Crippen LogP contribution in [0.4, 0.5) is 13.2 Å². The third kappa shape index (κ3) is 6.10. The summed E-state index contributed by atoms with van der Waals surface area (Å²) in [5, 5.41) is 0. The fraction of sp³-hybridized carbons (Fsp3) is 0.240. The largest absolute Gasteiger partial charge is 0.416 e. The minimum atomic E-state index is -4.45. The van der Waals surface area contributed by atoms with Gasteiger partial charge >= 0.3 is 6.18 Å². The van der Waals surface area contributed by atoms with Gasteiger partial charge in [0, 0.05) is 16.7 Å². The van der Waals surface area contributed by atoms with Crippen LogP contribution in [0.5, 0.6) is 0 Å². The molecule has 0 amide bonds. The molecule has 1 heterocycles. The van der Waals surface area contributed by atoms with Gasteiger partial charge in [0.15, 0.2) is 17.5 Å². The molecule has 3 nitrogen and oxygen atoms in total. The van der Waals surface area contributed by atoms with E-state index < -0.39 is 11.7 Å². The maximum atomic E-state index is 13.3. The number of benzene rings is 2. The van der Waals surface area contributed by atoms with E-state index in [9.17, 15) is 13.2 Å². The quantitative estimate of drug-likeness (QED) is 0.405. The van der Waals surface area contributed by atoms with E-state index in [-0.39, 0.29) is 5.82 Å². The molecule has 3 rings (SSSR count). The Balaban J connectivity index is 0.00000166. The Morgan fingerprint density at radius 3 is 2.00 bits per heavy atom. The van der Waals surface area contributed by atoms with Crippen LogP contribution in [-0.4, -0.2) is 15.0 Å². The highest BCUT2D eigenvalue weighted by Gasteiger charge is 2.31. The van der Waals surface area contributed by atoms with E-state index in [1.165, 1.54) is 0 Å². The summed E-state index contributed by atoms with van der Waals surface area (Å²) >= 11 is 0. The molecule has 3 aromatic rings. The number of hydrogen-bond acceptors (Lipinski definition) is 3. The fourth-order valence-electron chi connectivity index (χ4n) is 2.91. The molecule has 0 atom stereocenters. The highest BCUT2D eigenvalue weighted by atomic mass is 19.4. The first kappa shape index (κ1) is 24.0. The first-order valence-corrected chi connectivity index (χ1v) is 10.1. The van der Waals surface area contributed by atoms with Gasteiger partial charge in [-0.1, -0.05) is 62.4 Å². The first-order chi connectivity index (χ1) is 14.8. The van der Waals surface area contributed by atoms with Crippen LogP contribution in [0.25, 0.3) is 28.3 Å². The Morgan fingerprint density at radius 2 is 1.45 bits per heavy atom. The molecule has 6 heteroatoms. The van der Waals surface area contributed by atoms with Crippen LogP contribution in [0.2, 0.25) is 0 Å². The van der Waals surface area contributed by atoms with Crippen LogP contribution in [0.3, 0.4) is 0 Å². The third-order valence-electron chi connectivity index (χ3n) is 4.25. The molecule has 31 heavy (non-hydrogen) atoms. The molecule has 0 spiro atoms.